The molecule has 1 fully saturated rings. The van der Waals surface area contributed by atoms with Gasteiger partial charge in [0.1, 0.15) is 5.82 Å². The number of H-pyrrole nitrogens is 1. The molecule has 0 atom stereocenters. The molecular weight excluding hydrogens is 441 g/mol. The Morgan fingerprint density at radius 3 is 2.31 bits per heavy atom. The smallest absolute Gasteiger partial charge is 0.255 e. The second-order valence-electron chi connectivity index (χ2n) is 8.72. The van der Waals surface area contributed by atoms with Crippen molar-refractivity contribution < 1.29 is 9.18 Å². The molecule has 2 N–H and O–H groups in total. The number of halogens is 1. The number of amides is 1. The average molecular weight is 470 g/mol. The van der Waals surface area contributed by atoms with Gasteiger partial charge in [0, 0.05) is 50.5 Å². The Bertz CT molecular complexity index is 1260. The van der Waals surface area contributed by atoms with Gasteiger partial charge in [0.15, 0.2) is 0 Å². The summed E-state index contributed by atoms with van der Waals surface area (Å²) in [6.45, 7) is 5.25. The first-order valence-electron chi connectivity index (χ1n) is 11.8. The van der Waals surface area contributed by atoms with E-state index in [1.807, 2.05) is 18.2 Å². The second-order valence-corrected chi connectivity index (χ2v) is 8.72. The monoisotopic (exact) mass is 469 g/mol. The van der Waals surface area contributed by atoms with Gasteiger partial charge in [-0.3, -0.25) is 14.8 Å². The Labute approximate surface area is 204 Å². The molecular formula is C28H28FN5O. The van der Waals surface area contributed by atoms with Crippen LogP contribution in [0, 0.1) is 5.82 Å². The van der Waals surface area contributed by atoms with Crippen molar-refractivity contribution in [2.24, 2.45) is 0 Å². The van der Waals surface area contributed by atoms with E-state index in [0.717, 1.165) is 38.3 Å². The summed E-state index contributed by atoms with van der Waals surface area (Å²) in [5, 5.41) is 9.92. The minimum Gasteiger partial charge on any atom is -0.369 e. The second kappa shape index (κ2) is 10.5. The molecule has 6 nitrogen and oxygen atoms in total. The summed E-state index contributed by atoms with van der Waals surface area (Å²) in [6, 6.07) is 24.8. The van der Waals surface area contributed by atoms with Gasteiger partial charge < -0.3 is 10.2 Å². The van der Waals surface area contributed by atoms with Gasteiger partial charge >= 0.3 is 0 Å². The fourth-order valence-electron chi connectivity index (χ4n) is 4.49. The van der Waals surface area contributed by atoms with Gasteiger partial charge in [-0.25, -0.2) is 4.39 Å². The Kier molecular flexibility index (Phi) is 6.86. The summed E-state index contributed by atoms with van der Waals surface area (Å²) in [5.74, 6) is -0.540. The van der Waals surface area contributed by atoms with Crippen molar-refractivity contribution in [3.63, 3.8) is 0 Å². The molecule has 0 unspecified atom stereocenters. The quantitative estimate of drug-likeness (QED) is 0.419. The van der Waals surface area contributed by atoms with E-state index in [2.05, 4.69) is 61.7 Å². The third-order valence-corrected chi connectivity index (χ3v) is 6.46. The summed E-state index contributed by atoms with van der Waals surface area (Å²) in [6.07, 6.45) is 1.51. The third kappa shape index (κ3) is 5.41. The molecule has 1 aromatic heterocycles. The summed E-state index contributed by atoms with van der Waals surface area (Å²) in [7, 11) is 0. The van der Waals surface area contributed by atoms with Crippen molar-refractivity contribution in [3.05, 3.63) is 108 Å². The van der Waals surface area contributed by atoms with Crippen LogP contribution in [-0.2, 0) is 13.1 Å². The molecule has 0 saturated carbocycles. The van der Waals surface area contributed by atoms with E-state index in [1.165, 1.54) is 29.6 Å². The maximum atomic E-state index is 13.3. The van der Waals surface area contributed by atoms with Crippen LogP contribution in [0.2, 0.25) is 0 Å². The minimum absolute atomic E-state index is 0.218. The number of hydrogen-bond donors (Lipinski definition) is 2. The van der Waals surface area contributed by atoms with Crippen LogP contribution in [0.1, 0.15) is 21.5 Å². The van der Waals surface area contributed by atoms with Crippen molar-refractivity contribution >= 4 is 11.6 Å². The molecule has 3 aromatic carbocycles. The fourth-order valence-corrected chi connectivity index (χ4v) is 4.49. The highest BCUT2D eigenvalue weighted by atomic mass is 19.1. The molecule has 1 amide bonds. The molecule has 1 aliphatic heterocycles. The first-order chi connectivity index (χ1) is 17.2. The zero-order valence-corrected chi connectivity index (χ0v) is 19.5. The average Bonchev–Trinajstić information content (AvgIpc) is 3.40. The Morgan fingerprint density at radius 2 is 1.57 bits per heavy atom. The SMILES string of the molecule is O=C(NCc1ccccc1CN1CCN(c2ccccc2)CC1)c1cn[nH]c1-c1ccc(F)cc1. The van der Waals surface area contributed by atoms with Crippen LogP contribution >= 0.6 is 0 Å². The number of carbonyl (C=O) groups is 1. The molecule has 178 valence electrons. The number of hydrogen-bond acceptors (Lipinski definition) is 4. The lowest BCUT2D eigenvalue weighted by Gasteiger charge is -2.36. The minimum atomic E-state index is -0.322. The maximum Gasteiger partial charge on any atom is 0.255 e. The van der Waals surface area contributed by atoms with Gasteiger partial charge in [-0.2, -0.15) is 5.10 Å². The van der Waals surface area contributed by atoms with Crippen molar-refractivity contribution in [2.75, 3.05) is 31.1 Å². The summed E-state index contributed by atoms with van der Waals surface area (Å²) in [4.78, 5) is 17.8. The number of benzene rings is 3. The van der Waals surface area contributed by atoms with Crippen LogP contribution in [0.15, 0.2) is 85.1 Å². The number of aromatic nitrogens is 2. The van der Waals surface area contributed by atoms with Gasteiger partial charge in [0.2, 0.25) is 0 Å². The number of para-hydroxylation sites is 1. The molecule has 5 rings (SSSR count). The Balaban J connectivity index is 1.20. The summed E-state index contributed by atoms with van der Waals surface area (Å²) in [5.41, 5.74) is 5.31. The molecule has 2 heterocycles. The lowest BCUT2D eigenvalue weighted by molar-refractivity contribution is 0.0951. The number of anilines is 1. The highest BCUT2D eigenvalue weighted by Gasteiger charge is 2.19. The number of nitrogens with zero attached hydrogens (tertiary/aromatic N) is 3. The normalized spacial score (nSPS) is 14.1. The number of nitrogens with one attached hydrogen (secondary N) is 2. The van der Waals surface area contributed by atoms with E-state index < -0.39 is 0 Å². The molecule has 7 heteroatoms. The number of carbonyl (C=O) groups excluding carboxylic acids is 1. The molecule has 0 bridgehead atoms. The maximum absolute atomic E-state index is 13.3. The van der Waals surface area contributed by atoms with E-state index in [4.69, 9.17) is 0 Å². The van der Waals surface area contributed by atoms with Gasteiger partial charge in [0.25, 0.3) is 5.91 Å². The summed E-state index contributed by atoms with van der Waals surface area (Å²) >= 11 is 0. The largest absolute Gasteiger partial charge is 0.369 e. The van der Waals surface area contributed by atoms with Crippen LogP contribution in [0.4, 0.5) is 10.1 Å². The molecule has 0 radical (unpaired) electrons. The molecule has 0 aliphatic carbocycles. The predicted molar refractivity (Wildman–Crippen MR) is 136 cm³/mol. The van der Waals surface area contributed by atoms with Gasteiger partial charge in [0.05, 0.1) is 17.5 Å². The van der Waals surface area contributed by atoms with E-state index in [9.17, 15) is 9.18 Å². The number of rotatable bonds is 7. The number of piperazine rings is 1. The predicted octanol–water partition coefficient (Wildman–Crippen LogP) is 4.47. The van der Waals surface area contributed by atoms with Crippen molar-refractivity contribution in [3.8, 4) is 11.3 Å². The molecule has 35 heavy (non-hydrogen) atoms. The van der Waals surface area contributed by atoms with E-state index in [1.54, 1.807) is 12.1 Å². The van der Waals surface area contributed by atoms with Crippen molar-refractivity contribution in [1.29, 1.82) is 0 Å². The van der Waals surface area contributed by atoms with Crippen molar-refractivity contribution in [2.45, 2.75) is 13.1 Å². The molecule has 1 saturated heterocycles. The molecule has 4 aromatic rings. The van der Waals surface area contributed by atoms with E-state index in [-0.39, 0.29) is 11.7 Å². The first kappa shape index (κ1) is 22.8. The third-order valence-electron chi connectivity index (χ3n) is 6.46. The van der Waals surface area contributed by atoms with Gasteiger partial charge in [-0.05, 0) is 47.5 Å². The standard InChI is InChI=1S/C28H28FN5O/c29-24-12-10-21(11-13-24)27-26(19-31-32-27)28(35)30-18-22-6-4-5-7-23(22)20-33-14-16-34(17-15-33)25-8-2-1-3-9-25/h1-13,19H,14-18,20H2,(H,30,35)(H,31,32). The molecule has 0 spiro atoms. The van der Waals surface area contributed by atoms with Crippen molar-refractivity contribution in [1.82, 2.24) is 20.4 Å². The van der Waals surface area contributed by atoms with Crippen LogP contribution in [-0.4, -0.2) is 47.2 Å². The molecule has 1 aliphatic rings. The highest BCUT2D eigenvalue weighted by Crippen LogP contribution is 2.22. The topological polar surface area (TPSA) is 64.3 Å². The highest BCUT2D eigenvalue weighted by molar-refractivity contribution is 5.99. The van der Waals surface area contributed by atoms with Crippen LogP contribution in [0.5, 0.6) is 0 Å². The van der Waals surface area contributed by atoms with Gasteiger partial charge in [-0.1, -0.05) is 42.5 Å². The Hall–Kier alpha value is -3.97. The first-order valence-corrected chi connectivity index (χ1v) is 11.8. The zero-order valence-electron chi connectivity index (χ0n) is 19.5. The lowest BCUT2D eigenvalue weighted by atomic mass is 10.1. The fraction of sp³-hybridized carbons (Fsp3) is 0.214. The van der Waals surface area contributed by atoms with Crippen LogP contribution < -0.4 is 10.2 Å². The summed E-state index contributed by atoms with van der Waals surface area (Å²) < 4.78 is 13.3. The van der Waals surface area contributed by atoms with Crippen LogP contribution in [0.3, 0.4) is 0 Å². The Morgan fingerprint density at radius 1 is 0.886 bits per heavy atom. The van der Waals surface area contributed by atoms with Crippen LogP contribution in [0.25, 0.3) is 11.3 Å². The van der Waals surface area contributed by atoms with E-state index in [0.29, 0.717) is 23.4 Å². The number of aromatic amines is 1. The lowest BCUT2D eigenvalue weighted by Crippen LogP contribution is -2.46. The van der Waals surface area contributed by atoms with Gasteiger partial charge in [-0.15, -0.1) is 0 Å². The van der Waals surface area contributed by atoms with E-state index >= 15 is 0 Å². The zero-order chi connectivity index (χ0) is 24.0.